The molecule has 144 valence electrons. The monoisotopic (exact) mass is 369 g/mol. The van der Waals surface area contributed by atoms with Crippen molar-refractivity contribution in [2.45, 2.75) is 20.8 Å². The van der Waals surface area contributed by atoms with Crippen LogP contribution in [-0.2, 0) is 4.84 Å². The smallest absolute Gasteiger partial charge is 0.128 e. The minimum Gasteiger partial charge on any atom is -0.490 e. The third-order valence-electron chi connectivity index (χ3n) is 3.82. The number of oxime groups is 1. The molecule has 0 radical (unpaired) electrons. The molecule has 5 nitrogen and oxygen atoms in total. The van der Waals surface area contributed by atoms with Crippen LogP contribution in [0.15, 0.2) is 53.7 Å². The average molecular weight is 369 g/mol. The van der Waals surface area contributed by atoms with E-state index in [4.69, 9.17) is 19.0 Å². The summed E-state index contributed by atoms with van der Waals surface area (Å²) in [4.78, 5) is 4.73. The number of para-hydroxylation sites is 1. The van der Waals surface area contributed by atoms with E-state index in [0.29, 0.717) is 19.8 Å². The number of ether oxygens (including phenoxy) is 3. The second-order valence-electron chi connectivity index (χ2n) is 5.92. The van der Waals surface area contributed by atoms with E-state index >= 15 is 0 Å². The predicted octanol–water partition coefficient (Wildman–Crippen LogP) is 4.70. The number of aryl methyl sites for hydroxylation is 2. The van der Waals surface area contributed by atoms with Gasteiger partial charge in [-0.05, 0) is 56.2 Å². The molecule has 0 fully saturated rings. The first-order chi connectivity index (χ1) is 13.2. The zero-order valence-electron chi connectivity index (χ0n) is 16.4. The number of rotatable bonds is 10. The molecule has 0 spiro atoms. The lowest BCUT2D eigenvalue weighted by molar-refractivity contribution is 0.212. The van der Waals surface area contributed by atoms with Crippen LogP contribution in [0.3, 0.4) is 0 Å². The Kier molecular flexibility index (Phi) is 8.23. The second-order valence-corrected chi connectivity index (χ2v) is 5.92. The Balaban J connectivity index is 1.91. The Morgan fingerprint density at radius 1 is 0.963 bits per heavy atom. The number of nitrogens with zero attached hydrogens (tertiary/aromatic N) is 1. The first-order valence-electron chi connectivity index (χ1n) is 8.92. The lowest BCUT2D eigenvalue weighted by Gasteiger charge is -2.15. The molecule has 0 bridgehead atoms. The van der Waals surface area contributed by atoms with Crippen molar-refractivity contribution in [1.29, 1.82) is 0 Å². The van der Waals surface area contributed by atoms with Gasteiger partial charge in [-0.3, -0.25) is 0 Å². The van der Waals surface area contributed by atoms with Crippen LogP contribution in [0.25, 0.3) is 0 Å². The number of benzene rings is 2. The highest BCUT2D eigenvalue weighted by Gasteiger charge is 2.08. The van der Waals surface area contributed by atoms with Crippen molar-refractivity contribution in [2.24, 2.45) is 5.16 Å². The fraction of sp³-hybridized carbons (Fsp3) is 0.318. The van der Waals surface area contributed by atoms with Gasteiger partial charge in [0.1, 0.15) is 44.2 Å². The van der Waals surface area contributed by atoms with Gasteiger partial charge in [0.15, 0.2) is 0 Å². The molecule has 2 aromatic carbocycles. The van der Waals surface area contributed by atoms with Gasteiger partial charge in [0.05, 0.1) is 6.21 Å². The highest BCUT2D eigenvalue weighted by molar-refractivity contribution is 5.83. The average Bonchev–Trinajstić information content (AvgIpc) is 2.66. The first kappa shape index (κ1) is 20.4. The lowest BCUT2D eigenvalue weighted by atomic mass is 10.1. The van der Waals surface area contributed by atoms with Crippen molar-refractivity contribution < 1.29 is 19.0 Å². The van der Waals surface area contributed by atoms with Crippen LogP contribution in [0, 0.1) is 13.8 Å². The fourth-order valence-corrected chi connectivity index (χ4v) is 2.59. The van der Waals surface area contributed by atoms with Crippen LogP contribution in [0.2, 0.25) is 0 Å². The molecule has 0 aromatic heterocycles. The van der Waals surface area contributed by atoms with Crippen molar-refractivity contribution in [2.75, 3.05) is 26.9 Å². The number of hydrogen-bond acceptors (Lipinski definition) is 5. The second kappa shape index (κ2) is 10.9. The Morgan fingerprint density at radius 3 is 2.37 bits per heavy atom. The van der Waals surface area contributed by atoms with Crippen molar-refractivity contribution in [3.63, 3.8) is 0 Å². The van der Waals surface area contributed by atoms with Gasteiger partial charge in [-0.15, -0.1) is 0 Å². The highest BCUT2D eigenvalue weighted by atomic mass is 16.6. The molecule has 2 aromatic rings. The third-order valence-corrected chi connectivity index (χ3v) is 3.82. The Labute approximate surface area is 161 Å². The number of hydrogen-bond donors (Lipinski definition) is 0. The summed E-state index contributed by atoms with van der Waals surface area (Å²) in [6, 6.07) is 11.6. The van der Waals surface area contributed by atoms with Gasteiger partial charge < -0.3 is 19.0 Å². The Morgan fingerprint density at radius 2 is 1.67 bits per heavy atom. The fourth-order valence-electron chi connectivity index (χ4n) is 2.59. The van der Waals surface area contributed by atoms with E-state index in [1.54, 1.807) is 6.21 Å². The van der Waals surface area contributed by atoms with E-state index in [1.165, 1.54) is 7.11 Å². The van der Waals surface area contributed by atoms with Crippen LogP contribution in [0.1, 0.15) is 23.6 Å². The maximum Gasteiger partial charge on any atom is 0.128 e. The molecule has 0 aliphatic rings. The minimum atomic E-state index is 0.427. The van der Waals surface area contributed by atoms with Gasteiger partial charge in [0.25, 0.3) is 0 Å². The standard InChI is InChI=1S/C22H27NO4/c1-5-6-11-25-20-14-17(2)22(18(3)15-20)27-13-12-26-21-10-8-7-9-19(21)16-23-24-4/h5-10,14-16H,11-13H2,1-4H3/b6-5+,23-16+. The summed E-state index contributed by atoms with van der Waals surface area (Å²) < 4.78 is 17.5. The Hall–Kier alpha value is -2.95. The SMILES string of the molecule is C/C=C/COc1cc(C)c(OCCOc2ccccc2/C=N/OC)c(C)c1. The quantitative estimate of drug-likeness (QED) is 0.264. The molecule has 0 N–H and O–H groups in total. The van der Waals surface area contributed by atoms with Gasteiger partial charge in [0, 0.05) is 5.56 Å². The molecular formula is C22H27NO4. The van der Waals surface area contributed by atoms with Crippen molar-refractivity contribution in [3.8, 4) is 17.2 Å². The van der Waals surface area contributed by atoms with Crippen molar-refractivity contribution in [1.82, 2.24) is 0 Å². The van der Waals surface area contributed by atoms with E-state index in [9.17, 15) is 0 Å². The van der Waals surface area contributed by atoms with E-state index < -0.39 is 0 Å². The van der Waals surface area contributed by atoms with Crippen LogP contribution < -0.4 is 14.2 Å². The zero-order valence-corrected chi connectivity index (χ0v) is 16.4. The lowest BCUT2D eigenvalue weighted by Crippen LogP contribution is -2.11. The summed E-state index contributed by atoms with van der Waals surface area (Å²) in [5, 5.41) is 3.78. The van der Waals surface area contributed by atoms with Gasteiger partial charge in [-0.1, -0.05) is 29.4 Å². The topological polar surface area (TPSA) is 49.3 Å². The summed E-state index contributed by atoms with van der Waals surface area (Å²) in [7, 11) is 1.51. The van der Waals surface area contributed by atoms with Crippen LogP contribution in [0.4, 0.5) is 0 Å². The molecule has 0 amide bonds. The Bertz CT molecular complexity index is 761. The van der Waals surface area contributed by atoms with Crippen LogP contribution >= 0.6 is 0 Å². The van der Waals surface area contributed by atoms with Crippen LogP contribution in [-0.4, -0.2) is 33.1 Å². The summed E-state index contributed by atoms with van der Waals surface area (Å²) in [6.45, 7) is 7.44. The summed E-state index contributed by atoms with van der Waals surface area (Å²) in [5.74, 6) is 2.45. The van der Waals surface area contributed by atoms with Gasteiger partial charge in [-0.2, -0.15) is 0 Å². The predicted molar refractivity (Wildman–Crippen MR) is 108 cm³/mol. The maximum absolute atomic E-state index is 5.94. The molecule has 0 atom stereocenters. The van der Waals surface area contributed by atoms with Gasteiger partial charge in [0.2, 0.25) is 0 Å². The normalized spacial score (nSPS) is 11.1. The van der Waals surface area contributed by atoms with Crippen molar-refractivity contribution >= 4 is 6.21 Å². The molecule has 0 unspecified atom stereocenters. The van der Waals surface area contributed by atoms with Gasteiger partial charge >= 0.3 is 0 Å². The largest absolute Gasteiger partial charge is 0.490 e. The van der Waals surface area contributed by atoms with Crippen LogP contribution in [0.5, 0.6) is 17.2 Å². The molecular weight excluding hydrogens is 342 g/mol. The third kappa shape index (κ3) is 6.37. The summed E-state index contributed by atoms with van der Waals surface area (Å²) in [6.07, 6.45) is 5.56. The summed E-state index contributed by atoms with van der Waals surface area (Å²) >= 11 is 0. The zero-order chi connectivity index (χ0) is 19.5. The van der Waals surface area contributed by atoms with E-state index in [1.807, 2.05) is 69.3 Å². The molecule has 0 saturated heterocycles. The van der Waals surface area contributed by atoms with E-state index in [2.05, 4.69) is 5.16 Å². The molecule has 27 heavy (non-hydrogen) atoms. The maximum atomic E-state index is 5.94. The highest BCUT2D eigenvalue weighted by Crippen LogP contribution is 2.28. The molecule has 0 aliphatic carbocycles. The van der Waals surface area contributed by atoms with E-state index in [0.717, 1.165) is 33.9 Å². The van der Waals surface area contributed by atoms with E-state index in [-0.39, 0.29) is 0 Å². The van der Waals surface area contributed by atoms with Crippen molar-refractivity contribution in [3.05, 3.63) is 65.2 Å². The molecule has 5 heteroatoms. The van der Waals surface area contributed by atoms with Gasteiger partial charge in [-0.25, -0.2) is 0 Å². The first-order valence-corrected chi connectivity index (χ1v) is 8.92. The number of allylic oxidation sites excluding steroid dienone is 1. The minimum absolute atomic E-state index is 0.427. The molecule has 0 heterocycles. The summed E-state index contributed by atoms with van der Waals surface area (Å²) in [5.41, 5.74) is 2.94. The molecule has 0 aliphatic heterocycles. The molecule has 0 saturated carbocycles. The molecule has 2 rings (SSSR count).